The molecule has 182 valence electrons. The summed E-state index contributed by atoms with van der Waals surface area (Å²) in [5.41, 5.74) is 9.74. The summed E-state index contributed by atoms with van der Waals surface area (Å²) in [6.45, 7) is 2.78. The van der Waals surface area contributed by atoms with Gasteiger partial charge in [-0.1, -0.05) is 13.8 Å². The van der Waals surface area contributed by atoms with E-state index in [1.165, 1.54) is 12.1 Å². The summed E-state index contributed by atoms with van der Waals surface area (Å²) >= 11 is 0. The molecule has 0 aliphatic rings. The maximum Gasteiger partial charge on any atom is 0.405 e. The molecule has 1 rings (SSSR count). The summed E-state index contributed by atoms with van der Waals surface area (Å²) in [5.74, 6) is -1.94. The molecule has 0 saturated heterocycles. The van der Waals surface area contributed by atoms with Gasteiger partial charge in [0.15, 0.2) is 6.10 Å². The van der Waals surface area contributed by atoms with Crippen LogP contribution in [0.1, 0.15) is 32.3 Å². The van der Waals surface area contributed by atoms with E-state index in [1.54, 1.807) is 13.8 Å². The first kappa shape index (κ1) is 27.1. The first-order valence-electron chi connectivity index (χ1n) is 9.95. The van der Waals surface area contributed by atoms with Crippen LogP contribution in [0.25, 0.3) is 0 Å². The topological polar surface area (TPSA) is 229 Å². The number of nitro benzene ring substituents is 1. The van der Waals surface area contributed by atoms with Crippen molar-refractivity contribution in [1.29, 1.82) is 0 Å². The van der Waals surface area contributed by atoms with Gasteiger partial charge < -0.3 is 37.3 Å². The van der Waals surface area contributed by atoms with Crippen molar-refractivity contribution in [2.75, 3.05) is 11.9 Å². The van der Waals surface area contributed by atoms with Gasteiger partial charge in [-0.3, -0.25) is 19.7 Å². The Labute approximate surface area is 189 Å². The van der Waals surface area contributed by atoms with Gasteiger partial charge in [-0.25, -0.2) is 9.59 Å². The number of anilines is 1. The van der Waals surface area contributed by atoms with Crippen molar-refractivity contribution in [2.45, 2.75) is 45.4 Å². The van der Waals surface area contributed by atoms with Crippen LogP contribution in [0.3, 0.4) is 0 Å². The normalized spacial score (nSPS) is 12.4. The number of primary amides is 2. The molecule has 0 saturated carbocycles. The first-order valence-corrected chi connectivity index (χ1v) is 9.95. The molecule has 1 aromatic rings. The van der Waals surface area contributed by atoms with Crippen molar-refractivity contribution in [1.82, 2.24) is 10.6 Å². The van der Waals surface area contributed by atoms with Crippen LogP contribution in [0.2, 0.25) is 0 Å². The van der Waals surface area contributed by atoms with Crippen LogP contribution < -0.4 is 27.4 Å². The van der Waals surface area contributed by atoms with Crippen molar-refractivity contribution in [3.05, 3.63) is 33.9 Å². The summed E-state index contributed by atoms with van der Waals surface area (Å²) in [4.78, 5) is 57.9. The number of nitrogens with one attached hydrogen (secondary N) is 3. The van der Waals surface area contributed by atoms with E-state index in [1.807, 2.05) is 0 Å². The minimum Gasteiger partial charge on any atom is -0.436 e. The van der Waals surface area contributed by atoms with E-state index in [4.69, 9.17) is 16.2 Å². The lowest BCUT2D eigenvalue weighted by Gasteiger charge is -2.24. The van der Waals surface area contributed by atoms with Gasteiger partial charge in [-0.15, -0.1) is 0 Å². The molecule has 0 aliphatic carbocycles. The number of aliphatic hydroxyl groups is 1. The van der Waals surface area contributed by atoms with Gasteiger partial charge in [0.1, 0.15) is 6.04 Å². The molecule has 0 heterocycles. The third-order valence-electron chi connectivity index (χ3n) is 4.43. The van der Waals surface area contributed by atoms with Crippen LogP contribution in [0.15, 0.2) is 18.2 Å². The Kier molecular flexibility index (Phi) is 10.5. The van der Waals surface area contributed by atoms with Crippen molar-refractivity contribution < 1.29 is 33.9 Å². The number of amides is 5. The van der Waals surface area contributed by atoms with Crippen LogP contribution in [0, 0.1) is 16.0 Å². The van der Waals surface area contributed by atoms with Gasteiger partial charge >= 0.3 is 12.1 Å². The average Bonchev–Trinajstić information content (AvgIpc) is 2.73. The number of rotatable bonds is 12. The SMILES string of the molecule is CC(C)C(OC(N)=O)C(=O)NC(CCCNC(N)=O)C(=O)Nc1ccc(CO)c([N+](=O)[O-])c1. The molecule has 2 atom stereocenters. The van der Waals surface area contributed by atoms with Crippen LogP contribution in [0.5, 0.6) is 0 Å². The Hall–Kier alpha value is -3.94. The lowest BCUT2D eigenvalue weighted by Crippen LogP contribution is -2.50. The van der Waals surface area contributed by atoms with E-state index >= 15 is 0 Å². The number of carbonyl (C=O) groups is 4. The second-order valence-corrected chi connectivity index (χ2v) is 7.34. The monoisotopic (exact) mass is 468 g/mol. The quantitative estimate of drug-likeness (QED) is 0.139. The molecule has 14 heteroatoms. The number of urea groups is 1. The van der Waals surface area contributed by atoms with E-state index in [0.29, 0.717) is 0 Å². The zero-order chi connectivity index (χ0) is 25.1. The fourth-order valence-corrected chi connectivity index (χ4v) is 2.83. The first-order chi connectivity index (χ1) is 15.5. The van der Waals surface area contributed by atoms with Crippen molar-refractivity contribution in [3.63, 3.8) is 0 Å². The molecule has 5 amide bonds. The van der Waals surface area contributed by atoms with E-state index in [2.05, 4.69) is 16.0 Å². The van der Waals surface area contributed by atoms with Gasteiger partial charge in [0.25, 0.3) is 11.6 Å². The molecule has 8 N–H and O–H groups in total. The van der Waals surface area contributed by atoms with Gasteiger partial charge in [-0.05, 0) is 30.9 Å². The molecule has 0 spiro atoms. The molecular weight excluding hydrogens is 440 g/mol. The smallest absolute Gasteiger partial charge is 0.405 e. The number of hydrogen-bond acceptors (Lipinski definition) is 8. The Morgan fingerprint density at radius 2 is 1.85 bits per heavy atom. The molecule has 14 nitrogen and oxygen atoms in total. The van der Waals surface area contributed by atoms with E-state index in [-0.39, 0.29) is 30.6 Å². The Bertz CT molecular complexity index is 891. The molecule has 2 unspecified atom stereocenters. The third-order valence-corrected chi connectivity index (χ3v) is 4.43. The number of nitrogens with zero attached hydrogens (tertiary/aromatic N) is 1. The molecule has 0 fully saturated rings. The lowest BCUT2D eigenvalue weighted by molar-refractivity contribution is -0.385. The highest BCUT2D eigenvalue weighted by atomic mass is 16.6. The number of benzene rings is 1. The molecule has 0 bridgehead atoms. The van der Waals surface area contributed by atoms with Crippen LogP contribution in [-0.2, 0) is 20.9 Å². The highest BCUT2D eigenvalue weighted by molar-refractivity contribution is 5.98. The Balaban J connectivity index is 3.04. The van der Waals surface area contributed by atoms with E-state index in [0.717, 1.165) is 6.07 Å². The second-order valence-electron chi connectivity index (χ2n) is 7.34. The van der Waals surface area contributed by atoms with Gasteiger partial charge in [0, 0.05) is 18.3 Å². The zero-order valence-electron chi connectivity index (χ0n) is 18.2. The molecular formula is C19H28N6O8. The fourth-order valence-electron chi connectivity index (χ4n) is 2.83. The lowest BCUT2D eigenvalue weighted by atomic mass is 10.0. The largest absolute Gasteiger partial charge is 0.436 e. The average molecular weight is 468 g/mol. The minimum absolute atomic E-state index is 0.0516. The van der Waals surface area contributed by atoms with Crippen molar-refractivity contribution in [2.24, 2.45) is 17.4 Å². The summed E-state index contributed by atoms with van der Waals surface area (Å²) < 4.78 is 4.82. The number of ether oxygens (including phenoxy) is 1. The summed E-state index contributed by atoms with van der Waals surface area (Å²) in [5, 5.41) is 27.7. The van der Waals surface area contributed by atoms with Crippen LogP contribution in [-0.4, -0.2) is 52.7 Å². The third kappa shape index (κ3) is 8.98. The highest BCUT2D eigenvalue weighted by Crippen LogP contribution is 2.23. The van der Waals surface area contributed by atoms with Crippen molar-refractivity contribution in [3.8, 4) is 0 Å². The van der Waals surface area contributed by atoms with Crippen LogP contribution in [0.4, 0.5) is 21.0 Å². The highest BCUT2D eigenvalue weighted by Gasteiger charge is 2.30. The second kappa shape index (κ2) is 12.8. The summed E-state index contributed by atoms with van der Waals surface area (Å²) in [6.07, 6.45) is -2.12. The number of carbonyl (C=O) groups excluding carboxylic acids is 4. The standard InChI is InChI=1S/C19H28N6O8/c1-10(2)15(33-19(21)30)17(28)24-13(4-3-7-22-18(20)29)16(27)23-12-6-5-11(9-26)14(8-12)25(31)32/h5-6,8,10,13,15,26H,3-4,7,9H2,1-2H3,(H2,21,30)(H,23,27)(H,24,28)(H3,20,22,29). The number of aliphatic hydroxyl groups excluding tert-OH is 1. The number of hydrogen-bond donors (Lipinski definition) is 6. The summed E-state index contributed by atoms with van der Waals surface area (Å²) in [7, 11) is 0. The maximum atomic E-state index is 12.8. The predicted molar refractivity (Wildman–Crippen MR) is 116 cm³/mol. The zero-order valence-corrected chi connectivity index (χ0v) is 18.2. The fraction of sp³-hybridized carbons (Fsp3) is 0.474. The van der Waals surface area contributed by atoms with Gasteiger partial charge in [-0.2, -0.15) is 0 Å². The number of nitrogens with two attached hydrogens (primary N) is 2. The maximum absolute atomic E-state index is 12.8. The molecule has 1 aromatic carbocycles. The molecule has 0 aliphatic heterocycles. The Morgan fingerprint density at radius 1 is 1.18 bits per heavy atom. The van der Waals surface area contributed by atoms with Gasteiger partial charge in [0.05, 0.1) is 17.1 Å². The summed E-state index contributed by atoms with van der Waals surface area (Å²) in [6, 6.07) is 1.81. The molecule has 33 heavy (non-hydrogen) atoms. The minimum atomic E-state index is -1.26. The molecule has 0 aromatic heterocycles. The molecule has 0 radical (unpaired) electrons. The number of nitro groups is 1. The Morgan fingerprint density at radius 3 is 2.36 bits per heavy atom. The van der Waals surface area contributed by atoms with E-state index in [9.17, 15) is 34.4 Å². The van der Waals surface area contributed by atoms with E-state index < -0.39 is 59.2 Å². The predicted octanol–water partition coefficient (Wildman–Crippen LogP) is 0.0788. The van der Waals surface area contributed by atoms with Crippen molar-refractivity contribution >= 4 is 35.3 Å². The van der Waals surface area contributed by atoms with Crippen LogP contribution >= 0.6 is 0 Å². The van der Waals surface area contributed by atoms with Gasteiger partial charge in [0.2, 0.25) is 5.91 Å².